The molecule has 120 valence electrons. The second kappa shape index (κ2) is 16.7. The van der Waals surface area contributed by atoms with Crippen LogP contribution in [0.25, 0.3) is 0 Å². The van der Waals surface area contributed by atoms with Gasteiger partial charge in [-0.2, -0.15) is 0 Å². The molecule has 0 aromatic carbocycles. The number of rotatable bonds is 13. The van der Waals surface area contributed by atoms with Gasteiger partial charge in [-0.25, -0.2) is 4.79 Å². The molecule has 0 unspecified atom stereocenters. The first kappa shape index (κ1) is 19.7. The van der Waals surface area contributed by atoms with Crippen LogP contribution in [-0.4, -0.2) is 13.1 Å². The van der Waals surface area contributed by atoms with Crippen LogP contribution >= 0.6 is 0 Å². The Hall–Kier alpha value is -1.31. The van der Waals surface area contributed by atoms with E-state index in [4.69, 9.17) is 0 Å². The van der Waals surface area contributed by atoms with Gasteiger partial charge in [0.2, 0.25) is 0 Å². The van der Waals surface area contributed by atoms with Crippen LogP contribution in [0.4, 0.5) is 0 Å². The van der Waals surface area contributed by atoms with Crippen molar-refractivity contribution in [2.75, 3.05) is 7.11 Å². The molecule has 2 nitrogen and oxygen atoms in total. The Morgan fingerprint density at radius 1 is 0.810 bits per heavy atom. The summed E-state index contributed by atoms with van der Waals surface area (Å²) in [4.78, 5) is 10.8. The molecule has 0 amide bonds. The number of carbonyl (C=O) groups is 1. The molecular formula is C19H32O2. The van der Waals surface area contributed by atoms with Crippen LogP contribution in [0.15, 0.2) is 36.5 Å². The molecule has 0 spiro atoms. The van der Waals surface area contributed by atoms with Crippen molar-refractivity contribution in [1.29, 1.82) is 0 Å². The summed E-state index contributed by atoms with van der Waals surface area (Å²) in [7, 11) is 1.39. The number of allylic oxidation sites excluding steroid dienone is 5. The van der Waals surface area contributed by atoms with Crippen LogP contribution < -0.4 is 0 Å². The number of ether oxygens (including phenoxy) is 1. The molecule has 0 heterocycles. The maximum Gasteiger partial charge on any atom is 0.330 e. The van der Waals surface area contributed by atoms with Gasteiger partial charge in [0.05, 0.1) is 7.11 Å². The largest absolute Gasteiger partial charge is 0.466 e. The van der Waals surface area contributed by atoms with Gasteiger partial charge < -0.3 is 4.74 Å². The predicted molar refractivity (Wildman–Crippen MR) is 91.3 cm³/mol. The number of hydrogen-bond donors (Lipinski definition) is 0. The summed E-state index contributed by atoms with van der Waals surface area (Å²) >= 11 is 0. The first-order valence-corrected chi connectivity index (χ1v) is 8.37. The third kappa shape index (κ3) is 16.6. The van der Waals surface area contributed by atoms with Crippen LogP contribution in [0.5, 0.6) is 0 Å². The lowest BCUT2D eigenvalue weighted by molar-refractivity contribution is -0.134. The third-order valence-corrected chi connectivity index (χ3v) is 3.31. The minimum atomic E-state index is -0.303. The Labute approximate surface area is 131 Å². The lowest BCUT2D eigenvalue weighted by Gasteiger charge is -1.97. The molecule has 0 aliphatic heterocycles. The van der Waals surface area contributed by atoms with E-state index in [0.29, 0.717) is 0 Å². The van der Waals surface area contributed by atoms with Gasteiger partial charge in [0.15, 0.2) is 0 Å². The highest BCUT2D eigenvalue weighted by molar-refractivity contribution is 5.82. The quantitative estimate of drug-likeness (QED) is 0.142. The van der Waals surface area contributed by atoms with Crippen molar-refractivity contribution >= 4 is 5.97 Å². The molecule has 0 saturated heterocycles. The fourth-order valence-corrected chi connectivity index (χ4v) is 2.00. The molecule has 0 saturated carbocycles. The van der Waals surface area contributed by atoms with E-state index in [9.17, 15) is 4.79 Å². The molecule has 0 N–H and O–H groups in total. The first-order chi connectivity index (χ1) is 10.3. The zero-order valence-electron chi connectivity index (χ0n) is 13.9. The Balaban J connectivity index is 3.27. The summed E-state index contributed by atoms with van der Waals surface area (Å²) in [6.07, 6.45) is 24.5. The molecule has 0 aliphatic carbocycles. The standard InChI is InChI=1S/C19H32O2/c1-3-4-5-6-7-8-9-10-11-12-13-14-15-16-17-18-19(20)21-2/h7-8,15-18H,3-6,9-14H2,1-2H3. The van der Waals surface area contributed by atoms with Crippen molar-refractivity contribution in [3.05, 3.63) is 36.5 Å². The van der Waals surface area contributed by atoms with E-state index in [1.54, 1.807) is 6.08 Å². The second-order valence-electron chi connectivity index (χ2n) is 5.27. The fraction of sp³-hybridized carbons (Fsp3) is 0.632. The normalized spacial score (nSPS) is 11.9. The van der Waals surface area contributed by atoms with Gasteiger partial charge >= 0.3 is 5.97 Å². The lowest BCUT2D eigenvalue weighted by Crippen LogP contribution is -1.92. The van der Waals surface area contributed by atoms with Crippen LogP contribution in [-0.2, 0) is 9.53 Å². The third-order valence-electron chi connectivity index (χ3n) is 3.31. The van der Waals surface area contributed by atoms with E-state index in [1.165, 1.54) is 71.0 Å². The topological polar surface area (TPSA) is 26.3 Å². The molecule has 21 heavy (non-hydrogen) atoms. The Morgan fingerprint density at radius 3 is 1.95 bits per heavy atom. The van der Waals surface area contributed by atoms with E-state index in [0.717, 1.165) is 6.42 Å². The Bertz CT molecular complexity index is 314. The lowest BCUT2D eigenvalue weighted by atomic mass is 10.1. The van der Waals surface area contributed by atoms with Crippen LogP contribution in [0, 0.1) is 0 Å². The summed E-state index contributed by atoms with van der Waals surface area (Å²) in [5, 5.41) is 0. The summed E-state index contributed by atoms with van der Waals surface area (Å²) in [5.41, 5.74) is 0. The molecule has 0 aliphatic rings. The van der Waals surface area contributed by atoms with Crippen LogP contribution in [0.2, 0.25) is 0 Å². The maximum atomic E-state index is 10.8. The molecule has 0 rings (SSSR count). The smallest absolute Gasteiger partial charge is 0.330 e. The highest BCUT2D eigenvalue weighted by Gasteiger charge is 1.89. The van der Waals surface area contributed by atoms with Gasteiger partial charge in [-0.3, -0.25) is 0 Å². The summed E-state index contributed by atoms with van der Waals surface area (Å²) < 4.78 is 4.50. The number of hydrogen-bond acceptors (Lipinski definition) is 2. The van der Waals surface area contributed by atoms with Gasteiger partial charge in [0, 0.05) is 6.08 Å². The number of methoxy groups -OCH3 is 1. The van der Waals surface area contributed by atoms with Gasteiger partial charge in [-0.15, -0.1) is 0 Å². The zero-order chi connectivity index (χ0) is 15.6. The van der Waals surface area contributed by atoms with Crippen molar-refractivity contribution in [3.63, 3.8) is 0 Å². The van der Waals surface area contributed by atoms with E-state index in [2.05, 4.69) is 29.9 Å². The first-order valence-electron chi connectivity index (χ1n) is 8.37. The molecule has 2 heteroatoms. The highest BCUT2D eigenvalue weighted by Crippen LogP contribution is 2.07. The minimum absolute atomic E-state index is 0.303. The number of carbonyl (C=O) groups excluding carboxylic acids is 1. The van der Waals surface area contributed by atoms with Gasteiger partial charge in [0.25, 0.3) is 0 Å². The van der Waals surface area contributed by atoms with Crippen molar-refractivity contribution < 1.29 is 9.53 Å². The fourth-order valence-electron chi connectivity index (χ4n) is 2.00. The zero-order valence-corrected chi connectivity index (χ0v) is 13.9. The van der Waals surface area contributed by atoms with Crippen molar-refractivity contribution in [2.45, 2.75) is 71.1 Å². The highest BCUT2D eigenvalue weighted by atomic mass is 16.5. The molecular weight excluding hydrogens is 260 g/mol. The van der Waals surface area contributed by atoms with E-state index in [1.807, 2.05) is 6.08 Å². The van der Waals surface area contributed by atoms with E-state index in [-0.39, 0.29) is 5.97 Å². The van der Waals surface area contributed by atoms with Gasteiger partial charge in [-0.05, 0) is 38.5 Å². The van der Waals surface area contributed by atoms with Crippen molar-refractivity contribution in [3.8, 4) is 0 Å². The van der Waals surface area contributed by atoms with Crippen LogP contribution in [0.1, 0.15) is 71.1 Å². The summed E-state index contributed by atoms with van der Waals surface area (Å²) in [5.74, 6) is -0.303. The molecule has 0 atom stereocenters. The second-order valence-corrected chi connectivity index (χ2v) is 5.27. The maximum absolute atomic E-state index is 10.8. The van der Waals surface area contributed by atoms with Crippen molar-refractivity contribution in [1.82, 2.24) is 0 Å². The summed E-state index contributed by atoms with van der Waals surface area (Å²) in [6.45, 7) is 2.24. The molecule has 0 radical (unpaired) electrons. The minimum Gasteiger partial charge on any atom is -0.466 e. The Kier molecular flexibility index (Phi) is 15.7. The molecule has 0 aromatic rings. The number of esters is 1. The average molecular weight is 292 g/mol. The SMILES string of the molecule is CCCCCC=CCCCCCCC=CC=CC(=O)OC. The molecule has 0 fully saturated rings. The van der Waals surface area contributed by atoms with E-state index >= 15 is 0 Å². The average Bonchev–Trinajstić information content (AvgIpc) is 2.50. The van der Waals surface area contributed by atoms with E-state index < -0.39 is 0 Å². The van der Waals surface area contributed by atoms with Gasteiger partial charge in [-0.1, -0.05) is 63.0 Å². The molecule has 0 aromatic heterocycles. The van der Waals surface area contributed by atoms with Crippen LogP contribution in [0.3, 0.4) is 0 Å². The summed E-state index contributed by atoms with van der Waals surface area (Å²) in [6, 6.07) is 0. The van der Waals surface area contributed by atoms with Crippen molar-refractivity contribution in [2.24, 2.45) is 0 Å². The monoisotopic (exact) mass is 292 g/mol. The Morgan fingerprint density at radius 2 is 1.38 bits per heavy atom. The number of unbranched alkanes of at least 4 members (excludes halogenated alkanes) is 8. The predicted octanol–water partition coefficient (Wildman–Crippen LogP) is 5.75. The van der Waals surface area contributed by atoms with Gasteiger partial charge in [0.1, 0.15) is 0 Å². The molecule has 0 bridgehead atoms.